The van der Waals surface area contributed by atoms with Gasteiger partial charge in [0.1, 0.15) is 0 Å². The number of carbonyl (C=O) groups is 1. The molecule has 2 fully saturated rings. The zero-order chi connectivity index (χ0) is 13.2. The van der Waals surface area contributed by atoms with Crippen LogP contribution >= 0.6 is 0 Å². The standard InChI is InChI=1S/C15H22N2O2/c1-12(18)14-5-6-15(19-14)17-10-7-13(11-17)16-8-3-2-4-9-16/h5-6,13H,2-4,7-11H2,1H3. The molecule has 4 nitrogen and oxygen atoms in total. The van der Waals surface area contributed by atoms with Gasteiger partial charge in [-0.25, -0.2) is 0 Å². The Balaban J connectivity index is 1.62. The molecule has 0 spiro atoms. The third-order valence-corrected chi connectivity index (χ3v) is 4.32. The normalized spacial score (nSPS) is 24.9. The summed E-state index contributed by atoms with van der Waals surface area (Å²) in [4.78, 5) is 16.2. The van der Waals surface area contributed by atoms with Gasteiger partial charge < -0.3 is 9.32 Å². The van der Waals surface area contributed by atoms with Gasteiger partial charge in [0.2, 0.25) is 0 Å². The molecule has 0 saturated carbocycles. The summed E-state index contributed by atoms with van der Waals surface area (Å²) < 4.78 is 5.62. The van der Waals surface area contributed by atoms with Crippen molar-refractivity contribution in [1.29, 1.82) is 0 Å². The minimum atomic E-state index is -0.00183. The van der Waals surface area contributed by atoms with Gasteiger partial charge in [-0.15, -0.1) is 0 Å². The van der Waals surface area contributed by atoms with Crippen molar-refractivity contribution in [3.05, 3.63) is 17.9 Å². The Morgan fingerprint density at radius 3 is 2.68 bits per heavy atom. The SMILES string of the molecule is CC(=O)c1ccc(N2CCC(N3CCCCC3)C2)o1. The van der Waals surface area contributed by atoms with Crippen molar-refractivity contribution in [3.8, 4) is 0 Å². The molecule has 1 aromatic rings. The molecule has 0 aliphatic carbocycles. The molecule has 3 rings (SSSR count). The molecule has 2 aliphatic rings. The van der Waals surface area contributed by atoms with E-state index in [-0.39, 0.29) is 5.78 Å². The number of likely N-dealkylation sites (tertiary alicyclic amines) is 1. The number of nitrogens with zero attached hydrogens (tertiary/aromatic N) is 2. The fourth-order valence-corrected chi connectivity index (χ4v) is 3.21. The summed E-state index contributed by atoms with van der Waals surface area (Å²) in [5, 5.41) is 0. The third-order valence-electron chi connectivity index (χ3n) is 4.32. The van der Waals surface area contributed by atoms with Crippen LogP contribution in [0.2, 0.25) is 0 Å². The van der Waals surface area contributed by atoms with Crippen LogP contribution in [0.15, 0.2) is 16.5 Å². The van der Waals surface area contributed by atoms with E-state index in [0.717, 1.165) is 19.0 Å². The van der Waals surface area contributed by atoms with E-state index in [1.54, 1.807) is 13.0 Å². The number of hydrogen-bond acceptors (Lipinski definition) is 4. The van der Waals surface area contributed by atoms with Crippen molar-refractivity contribution in [2.75, 3.05) is 31.1 Å². The molecule has 1 atom stereocenters. The highest BCUT2D eigenvalue weighted by Gasteiger charge is 2.29. The van der Waals surface area contributed by atoms with E-state index in [0.29, 0.717) is 11.8 Å². The quantitative estimate of drug-likeness (QED) is 0.784. The zero-order valence-electron chi connectivity index (χ0n) is 11.6. The van der Waals surface area contributed by atoms with E-state index in [2.05, 4.69) is 9.80 Å². The summed E-state index contributed by atoms with van der Waals surface area (Å²) >= 11 is 0. The minimum Gasteiger partial charge on any atom is -0.437 e. The van der Waals surface area contributed by atoms with Crippen molar-refractivity contribution < 1.29 is 9.21 Å². The largest absolute Gasteiger partial charge is 0.437 e. The van der Waals surface area contributed by atoms with Gasteiger partial charge in [-0.05, 0) is 38.4 Å². The first-order valence-corrected chi connectivity index (χ1v) is 7.34. The molecule has 4 heteroatoms. The van der Waals surface area contributed by atoms with Crippen molar-refractivity contribution in [2.45, 2.75) is 38.6 Å². The van der Waals surface area contributed by atoms with Gasteiger partial charge in [-0.3, -0.25) is 9.69 Å². The molecule has 104 valence electrons. The maximum absolute atomic E-state index is 11.3. The first-order chi connectivity index (χ1) is 9.24. The fourth-order valence-electron chi connectivity index (χ4n) is 3.21. The highest BCUT2D eigenvalue weighted by Crippen LogP contribution is 2.26. The molecular weight excluding hydrogens is 240 g/mol. The number of piperidine rings is 1. The molecule has 2 aliphatic heterocycles. The summed E-state index contributed by atoms with van der Waals surface area (Å²) in [6, 6.07) is 4.37. The highest BCUT2D eigenvalue weighted by atomic mass is 16.4. The second-order valence-electron chi connectivity index (χ2n) is 5.68. The molecule has 3 heterocycles. The lowest BCUT2D eigenvalue weighted by atomic mass is 10.1. The minimum absolute atomic E-state index is 0.00183. The Morgan fingerprint density at radius 2 is 2.00 bits per heavy atom. The number of hydrogen-bond donors (Lipinski definition) is 0. The average Bonchev–Trinajstić information content (AvgIpc) is 3.09. The number of anilines is 1. The first-order valence-electron chi connectivity index (χ1n) is 7.34. The Kier molecular flexibility index (Phi) is 3.60. The lowest BCUT2D eigenvalue weighted by Gasteiger charge is -2.32. The maximum atomic E-state index is 11.3. The van der Waals surface area contributed by atoms with Crippen LogP contribution in [0.3, 0.4) is 0 Å². The Morgan fingerprint density at radius 1 is 1.21 bits per heavy atom. The van der Waals surface area contributed by atoms with Crippen LogP contribution in [0.1, 0.15) is 43.2 Å². The molecule has 0 bridgehead atoms. The van der Waals surface area contributed by atoms with Crippen LogP contribution in [-0.2, 0) is 0 Å². The third kappa shape index (κ3) is 2.68. The molecule has 0 N–H and O–H groups in total. The summed E-state index contributed by atoms with van der Waals surface area (Å²) in [7, 11) is 0. The number of furan rings is 1. The highest BCUT2D eigenvalue weighted by molar-refractivity contribution is 5.91. The van der Waals surface area contributed by atoms with E-state index >= 15 is 0 Å². The topological polar surface area (TPSA) is 36.7 Å². The van der Waals surface area contributed by atoms with E-state index in [9.17, 15) is 4.79 Å². The summed E-state index contributed by atoms with van der Waals surface area (Å²) in [5.74, 6) is 1.32. The van der Waals surface area contributed by atoms with E-state index in [1.807, 2.05) is 6.07 Å². The van der Waals surface area contributed by atoms with Crippen LogP contribution in [0, 0.1) is 0 Å². The van der Waals surface area contributed by atoms with Gasteiger partial charge in [0, 0.05) is 32.1 Å². The monoisotopic (exact) mass is 262 g/mol. The van der Waals surface area contributed by atoms with Crippen LogP contribution in [0.5, 0.6) is 0 Å². The fraction of sp³-hybridized carbons (Fsp3) is 0.667. The number of Topliss-reactive ketones (excluding diaryl/α,β-unsaturated/α-hetero) is 1. The van der Waals surface area contributed by atoms with Crippen LogP contribution in [0.25, 0.3) is 0 Å². The second-order valence-corrected chi connectivity index (χ2v) is 5.68. The molecule has 1 aromatic heterocycles. The Hall–Kier alpha value is -1.29. The molecule has 1 unspecified atom stereocenters. The van der Waals surface area contributed by atoms with Gasteiger partial charge >= 0.3 is 0 Å². The summed E-state index contributed by atoms with van der Waals surface area (Å²) in [6.45, 7) is 6.10. The molecule has 2 saturated heterocycles. The average molecular weight is 262 g/mol. The zero-order valence-corrected chi connectivity index (χ0v) is 11.6. The second kappa shape index (κ2) is 5.37. The van der Waals surface area contributed by atoms with Gasteiger partial charge in [-0.1, -0.05) is 6.42 Å². The summed E-state index contributed by atoms with van der Waals surface area (Å²) in [6.07, 6.45) is 5.26. The van der Waals surface area contributed by atoms with E-state index in [4.69, 9.17) is 4.42 Å². The van der Waals surface area contributed by atoms with Crippen molar-refractivity contribution in [2.24, 2.45) is 0 Å². The molecule has 0 aromatic carbocycles. The summed E-state index contributed by atoms with van der Waals surface area (Å²) in [5.41, 5.74) is 0. The Bertz CT molecular complexity index is 449. The lowest BCUT2D eigenvalue weighted by molar-refractivity contribution is 0.0988. The predicted molar refractivity (Wildman–Crippen MR) is 74.8 cm³/mol. The predicted octanol–water partition coefficient (Wildman–Crippen LogP) is 2.55. The number of rotatable bonds is 3. The maximum Gasteiger partial charge on any atom is 0.196 e. The van der Waals surface area contributed by atoms with E-state index in [1.165, 1.54) is 38.8 Å². The molecule has 0 radical (unpaired) electrons. The molecule has 0 amide bonds. The Labute approximate surface area is 114 Å². The van der Waals surface area contributed by atoms with Crippen LogP contribution in [-0.4, -0.2) is 42.9 Å². The van der Waals surface area contributed by atoms with Gasteiger partial charge in [0.15, 0.2) is 17.4 Å². The number of ketones is 1. The first kappa shape index (κ1) is 12.7. The van der Waals surface area contributed by atoms with Crippen LogP contribution in [0.4, 0.5) is 5.88 Å². The molecular formula is C15H22N2O2. The van der Waals surface area contributed by atoms with Crippen molar-refractivity contribution in [1.82, 2.24) is 4.90 Å². The van der Waals surface area contributed by atoms with Crippen molar-refractivity contribution in [3.63, 3.8) is 0 Å². The van der Waals surface area contributed by atoms with Gasteiger partial charge in [0.05, 0.1) is 0 Å². The van der Waals surface area contributed by atoms with E-state index < -0.39 is 0 Å². The van der Waals surface area contributed by atoms with Crippen LogP contribution < -0.4 is 4.90 Å². The molecule has 19 heavy (non-hydrogen) atoms. The van der Waals surface area contributed by atoms with Gasteiger partial charge in [0.25, 0.3) is 0 Å². The lowest BCUT2D eigenvalue weighted by Crippen LogP contribution is -2.40. The van der Waals surface area contributed by atoms with Gasteiger partial charge in [-0.2, -0.15) is 0 Å². The number of carbonyl (C=O) groups excluding carboxylic acids is 1. The smallest absolute Gasteiger partial charge is 0.196 e. The van der Waals surface area contributed by atoms with Crippen molar-refractivity contribution >= 4 is 11.7 Å².